The van der Waals surface area contributed by atoms with Crippen LogP contribution in [-0.2, 0) is 13.6 Å². The van der Waals surface area contributed by atoms with Crippen molar-refractivity contribution in [3.63, 3.8) is 0 Å². The molecule has 0 saturated carbocycles. The fraction of sp³-hybridized carbons (Fsp3) is 0.238. The molecule has 2 heteroatoms. The molecule has 0 unspecified atom stereocenters. The first-order valence-electron chi connectivity index (χ1n) is 8.25. The molecule has 2 aromatic carbocycles. The molecular formula is C21H24N2. The zero-order valence-corrected chi connectivity index (χ0v) is 13.7. The number of nitrogens with zero attached hydrogens (tertiary/aromatic N) is 1. The van der Waals surface area contributed by atoms with Crippen molar-refractivity contribution in [1.29, 1.82) is 0 Å². The number of nitrogens with one attached hydrogen (secondary N) is 1. The summed E-state index contributed by atoms with van der Waals surface area (Å²) in [6.45, 7) is 1.92. The summed E-state index contributed by atoms with van der Waals surface area (Å²) in [5, 5.41) is 3.58. The van der Waals surface area contributed by atoms with Crippen LogP contribution in [0.25, 0.3) is 0 Å². The van der Waals surface area contributed by atoms with Gasteiger partial charge in [0.2, 0.25) is 0 Å². The third-order valence-corrected chi connectivity index (χ3v) is 4.37. The van der Waals surface area contributed by atoms with Gasteiger partial charge in [-0.2, -0.15) is 0 Å². The molecule has 23 heavy (non-hydrogen) atoms. The van der Waals surface area contributed by atoms with E-state index in [-0.39, 0.29) is 0 Å². The Morgan fingerprint density at radius 2 is 1.43 bits per heavy atom. The highest BCUT2D eigenvalue weighted by molar-refractivity contribution is 5.32. The second kappa shape index (κ2) is 7.80. The predicted octanol–water partition coefficient (Wildman–Crippen LogP) is 4.34. The van der Waals surface area contributed by atoms with Crippen molar-refractivity contribution in [2.75, 3.05) is 6.54 Å². The summed E-state index contributed by atoms with van der Waals surface area (Å²) in [6, 6.07) is 25.9. The van der Waals surface area contributed by atoms with Crippen molar-refractivity contribution >= 4 is 0 Å². The van der Waals surface area contributed by atoms with Crippen LogP contribution in [-0.4, -0.2) is 11.1 Å². The minimum absolute atomic E-state index is 0.443. The summed E-state index contributed by atoms with van der Waals surface area (Å²) in [7, 11) is 2.09. The van der Waals surface area contributed by atoms with Crippen molar-refractivity contribution in [2.45, 2.75) is 18.9 Å². The third kappa shape index (κ3) is 4.11. The second-order valence-electron chi connectivity index (χ2n) is 5.95. The van der Waals surface area contributed by atoms with Crippen LogP contribution in [0.3, 0.4) is 0 Å². The maximum atomic E-state index is 3.58. The molecule has 1 aromatic heterocycles. The minimum Gasteiger partial charge on any atom is -0.353 e. The average molecular weight is 304 g/mol. The van der Waals surface area contributed by atoms with Gasteiger partial charge < -0.3 is 9.88 Å². The van der Waals surface area contributed by atoms with Gasteiger partial charge in [-0.25, -0.2) is 0 Å². The molecule has 0 amide bonds. The van der Waals surface area contributed by atoms with Crippen LogP contribution in [0.1, 0.15) is 29.2 Å². The molecule has 118 valence electrons. The van der Waals surface area contributed by atoms with Crippen molar-refractivity contribution in [3.8, 4) is 0 Å². The Morgan fingerprint density at radius 3 is 1.96 bits per heavy atom. The molecular weight excluding hydrogens is 280 g/mol. The molecule has 0 spiro atoms. The van der Waals surface area contributed by atoms with Gasteiger partial charge >= 0.3 is 0 Å². The van der Waals surface area contributed by atoms with E-state index in [0.717, 1.165) is 19.5 Å². The van der Waals surface area contributed by atoms with E-state index in [1.54, 1.807) is 0 Å². The molecule has 0 bridgehead atoms. The Labute approximate surface area is 138 Å². The molecule has 0 aliphatic heterocycles. The zero-order valence-electron chi connectivity index (χ0n) is 13.7. The van der Waals surface area contributed by atoms with Gasteiger partial charge in [-0.15, -0.1) is 0 Å². The lowest BCUT2D eigenvalue weighted by Gasteiger charge is -2.18. The standard InChI is InChI=1S/C21H24N2/c1-23-16-8-13-20(23)17-22-15-14-21(18-9-4-2-5-10-18)19-11-6-3-7-12-19/h2-13,16,21-22H,14-15,17H2,1H3. The molecule has 0 radical (unpaired) electrons. The number of hydrogen-bond acceptors (Lipinski definition) is 1. The lowest BCUT2D eigenvalue weighted by molar-refractivity contribution is 0.596. The largest absolute Gasteiger partial charge is 0.353 e. The SMILES string of the molecule is Cn1cccc1CNCCC(c1ccccc1)c1ccccc1. The highest BCUT2D eigenvalue weighted by atomic mass is 15.0. The normalized spacial score (nSPS) is 11.0. The first-order chi connectivity index (χ1) is 11.3. The van der Waals surface area contributed by atoms with Crippen LogP contribution in [0.4, 0.5) is 0 Å². The first kappa shape index (κ1) is 15.6. The number of benzene rings is 2. The average Bonchev–Trinajstić information content (AvgIpc) is 3.01. The Morgan fingerprint density at radius 1 is 0.826 bits per heavy atom. The Bertz CT molecular complexity index is 661. The van der Waals surface area contributed by atoms with E-state index in [4.69, 9.17) is 0 Å². The molecule has 0 aliphatic carbocycles. The molecule has 2 nitrogen and oxygen atoms in total. The number of hydrogen-bond donors (Lipinski definition) is 1. The van der Waals surface area contributed by atoms with E-state index in [1.165, 1.54) is 16.8 Å². The zero-order chi connectivity index (χ0) is 15.9. The fourth-order valence-electron chi connectivity index (χ4n) is 3.04. The minimum atomic E-state index is 0.443. The van der Waals surface area contributed by atoms with Gasteiger partial charge in [-0.05, 0) is 36.2 Å². The number of aryl methyl sites for hydroxylation is 1. The second-order valence-corrected chi connectivity index (χ2v) is 5.95. The van der Waals surface area contributed by atoms with Crippen molar-refractivity contribution in [3.05, 3.63) is 95.8 Å². The summed E-state index contributed by atoms with van der Waals surface area (Å²) < 4.78 is 2.17. The summed E-state index contributed by atoms with van der Waals surface area (Å²) in [4.78, 5) is 0. The van der Waals surface area contributed by atoms with Crippen molar-refractivity contribution in [1.82, 2.24) is 9.88 Å². The molecule has 1 N–H and O–H groups in total. The molecule has 0 fully saturated rings. The number of rotatable bonds is 7. The highest BCUT2D eigenvalue weighted by Crippen LogP contribution is 2.27. The van der Waals surface area contributed by atoms with Crippen LogP contribution in [0.5, 0.6) is 0 Å². The lowest BCUT2D eigenvalue weighted by atomic mass is 9.88. The Hall–Kier alpha value is -2.32. The molecule has 3 rings (SSSR count). The first-order valence-corrected chi connectivity index (χ1v) is 8.25. The van der Waals surface area contributed by atoms with E-state index < -0.39 is 0 Å². The monoisotopic (exact) mass is 304 g/mol. The van der Waals surface area contributed by atoms with Gasteiger partial charge in [0.1, 0.15) is 0 Å². The van der Waals surface area contributed by atoms with Crippen LogP contribution >= 0.6 is 0 Å². The molecule has 0 aliphatic rings. The lowest BCUT2D eigenvalue weighted by Crippen LogP contribution is -2.19. The Kier molecular flexibility index (Phi) is 5.28. The fourth-order valence-corrected chi connectivity index (χ4v) is 3.04. The van der Waals surface area contributed by atoms with Gasteiger partial charge in [-0.1, -0.05) is 60.7 Å². The van der Waals surface area contributed by atoms with Crippen LogP contribution < -0.4 is 5.32 Å². The summed E-state index contributed by atoms with van der Waals surface area (Å²) in [5.74, 6) is 0.443. The smallest absolute Gasteiger partial charge is 0.0359 e. The van der Waals surface area contributed by atoms with Gasteiger partial charge in [-0.3, -0.25) is 0 Å². The van der Waals surface area contributed by atoms with Crippen LogP contribution in [0.2, 0.25) is 0 Å². The third-order valence-electron chi connectivity index (χ3n) is 4.37. The molecule has 1 heterocycles. The van der Waals surface area contributed by atoms with E-state index in [0.29, 0.717) is 5.92 Å². The van der Waals surface area contributed by atoms with Crippen LogP contribution in [0, 0.1) is 0 Å². The quantitative estimate of drug-likeness (QED) is 0.643. The number of aromatic nitrogens is 1. The van der Waals surface area contributed by atoms with E-state index in [2.05, 4.69) is 95.9 Å². The maximum Gasteiger partial charge on any atom is 0.0359 e. The maximum absolute atomic E-state index is 3.58. The predicted molar refractivity (Wildman–Crippen MR) is 96.5 cm³/mol. The van der Waals surface area contributed by atoms with Crippen LogP contribution in [0.15, 0.2) is 79.0 Å². The van der Waals surface area contributed by atoms with E-state index in [1.807, 2.05) is 0 Å². The van der Waals surface area contributed by atoms with Gasteiger partial charge in [0.05, 0.1) is 0 Å². The molecule has 0 atom stereocenters. The van der Waals surface area contributed by atoms with Crippen molar-refractivity contribution in [2.24, 2.45) is 7.05 Å². The van der Waals surface area contributed by atoms with E-state index in [9.17, 15) is 0 Å². The van der Waals surface area contributed by atoms with Gasteiger partial charge in [0.15, 0.2) is 0 Å². The summed E-state index contributed by atoms with van der Waals surface area (Å²) in [5.41, 5.74) is 4.10. The van der Waals surface area contributed by atoms with Crippen molar-refractivity contribution < 1.29 is 0 Å². The summed E-state index contributed by atoms with van der Waals surface area (Å²) >= 11 is 0. The molecule has 0 saturated heterocycles. The summed E-state index contributed by atoms with van der Waals surface area (Å²) in [6.07, 6.45) is 3.19. The van der Waals surface area contributed by atoms with Gasteiger partial charge in [0.25, 0.3) is 0 Å². The topological polar surface area (TPSA) is 17.0 Å². The molecule has 3 aromatic rings. The van der Waals surface area contributed by atoms with E-state index >= 15 is 0 Å². The van der Waals surface area contributed by atoms with Gasteiger partial charge in [0, 0.05) is 31.4 Å². The highest BCUT2D eigenvalue weighted by Gasteiger charge is 2.13. The Balaban J connectivity index is 1.64.